The smallest absolute Gasteiger partial charge is 0.335 e. The standard InChI is InChI=1S/C16H12ClN3O2/c1-9-18-14-7-4-11(17)8-13(14)15(19-9)20-12-5-2-10(3-6-12)16(21)22/h2-8H,1H3,(H,21,22)(H,18,19,20). The molecule has 0 spiro atoms. The van der Waals surface area contributed by atoms with E-state index in [1.165, 1.54) is 12.1 Å². The first-order valence-electron chi connectivity index (χ1n) is 6.57. The van der Waals surface area contributed by atoms with Crippen LogP contribution in [0.1, 0.15) is 16.2 Å². The number of anilines is 2. The fourth-order valence-electron chi connectivity index (χ4n) is 2.14. The second-order valence-electron chi connectivity index (χ2n) is 4.79. The largest absolute Gasteiger partial charge is 0.478 e. The summed E-state index contributed by atoms with van der Waals surface area (Å²) in [5.41, 5.74) is 1.77. The summed E-state index contributed by atoms with van der Waals surface area (Å²) in [4.78, 5) is 19.6. The summed E-state index contributed by atoms with van der Waals surface area (Å²) in [7, 11) is 0. The van der Waals surface area contributed by atoms with Crippen molar-refractivity contribution in [3.05, 3.63) is 58.9 Å². The van der Waals surface area contributed by atoms with Gasteiger partial charge in [0, 0.05) is 16.1 Å². The van der Waals surface area contributed by atoms with Crippen LogP contribution in [0, 0.1) is 6.92 Å². The normalized spacial score (nSPS) is 10.6. The van der Waals surface area contributed by atoms with Crippen molar-refractivity contribution >= 4 is 40.0 Å². The van der Waals surface area contributed by atoms with E-state index in [9.17, 15) is 4.79 Å². The van der Waals surface area contributed by atoms with E-state index in [0.29, 0.717) is 16.7 Å². The van der Waals surface area contributed by atoms with Gasteiger partial charge >= 0.3 is 5.97 Å². The molecule has 3 aromatic rings. The number of aromatic nitrogens is 2. The predicted molar refractivity (Wildman–Crippen MR) is 86.0 cm³/mol. The molecule has 3 rings (SSSR count). The SMILES string of the molecule is Cc1nc(Nc2ccc(C(=O)O)cc2)c2cc(Cl)ccc2n1. The number of hydrogen-bond acceptors (Lipinski definition) is 4. The molecule has 0 aliphatic heterocycles. The molecule has 22 heavy (non-hydrogen) atoms. The van der Waals surface area contributed by atoms with Gasteiger partial charge in [-0.3, -0.25) is 0 Å². The number of halogens is 1. The molecular formula is C16H12ClN3O2. The van der Waals surface area contributed by atoms with Gasteiger partial charge in [-0.05, 0) is 49.4 Å². The number of carbonyl (C=O) groups is 1. The molecule has 1 aromatic heterocycles. The van der Waals surface area contributed by atoms with E-state index in [2.05, 4.69) is 15.3 Å². The molecule has 0 fully saturated rings. The summed E-state index contributed by atoms with van der Waals surface area (Å²) >= 11 is 6.04. The molecule has 0 amide bonds. The van der Waals surface area contributed by atoms with Gasteiger partial charge in [0.1, 0.15) is 11.6 Å². The minimum Gasteiger partial charge on any atom is -0.478 e. The maximum Gasteiger partial charge on any atom is 0.335 e. The van der Waals surface area contributed by atoms with Gasteiger partial charge in [-0.1, -0.05) is 11.6 Å². The minimum absolute atomic E-state index is 0.234. The fourth-order valence-corrected chi connectivity index (χ4v) is 2.32. The molecule has 0 radical (unpaired) electrons. The molecule has 0 saturated heterocycles. The van der Waals surface area contributed by atoms with Crippen LogP contribution in [0.15, 0.2) is 42.5 Å². The predicted octanol–water partition coefficient (Wildman–Crippen LogP) is 4.03. The third kappa shape index (κ3) is 2.84. The van der Waals surface area contributed by atoms with Crippen molar-refractivity contribution in [3.8, 4) is 0 Å². The van der Waals surface area contributed by atoms with E-state index in [-0.39, 0.29) is 5.56 Å². The molecule has 0 aliphatic rings. The third-order valence-electron chi connectivity index (χ3n) is 3.16. The molecule has 0 unspecified atom stereocenters. The topological polar surface area (TPSA) is 75.1 Å². The summed E-state index contributed by atoms with van der Waals surface area (Å²) in [6.07, 6.45) is 0. The zero-order chi connectivity index (χ0) is 15.7. The lowest BCUT2D eigenvalue weighted by molar-refractivity contribution is 0.0697. The number of carboxylic acids is 1. The first-order valence-corrected chi connectivity index (χ1v) is 6.95. The lowest BCUT2D eigenvalue weighted by Crippen LogP contribution is -2.00. The zero-order valence-corrected chi connectivity index (χ0v) is 12.4. The van der Waals surface area contributed by atoms with Crippen molar-refractivity contribution in [2.75, 3.05) is 5.32 Å². The number of rotatable bonds is 3. The molecule has 0 atom stereocenters. The van der Waals surface area contributed by atoms with E-state index in [4.69, 9.17) is 16.7 Å². The molecular weight excluding hydrogens is 302 g/mol. The Hall–Kier alpha value is -2.66. The summed E-state index contributed by atoms with van der Waals surface area (Å²) in [6, 6.07) is 11.9. The Morgan fingerprint density at radius 3 is 2.55 bits per heavy atom. The monoisotopic (exact) mass is 313 g/mol. The highest BCUT2D eigenvalue weighted by atomic mass is 35.5. The Morgan fingerprint density at radius 1 is 1.14 bits per heavy atom. The van der Waals surface area contributed by atoms with Crippen molar-refractivity contribution in [2.24, 2.45) is 0 Å². The first-order chi connectivity index (χ1) is 10.5. The number of carboxylic acid groups (broad SMARTS) is 1. The van der Waals surface area contributed by atoms with Crippen LogP contribution in [0.25, 0.3) is 10.9 Å². The molecule has 6 heteroatoms. The Labute approximate surface area is 131 Å². The Morgan fingerprint density at radius 2 is 1.86 bits per heavy atom. The molecule has 0 saturated carbocycles. The van der Waals surface area contributed by atoms with E-state index < -0.39 is 5.97 Å². The van der Waals surface area contributed by atoms with Gasteiger partial charge in [0.2, 0.25) is 0 Å². The van der Waals surface area contributed by atoms with Gasteiger partial charge in [0.05, 0.1) is 11.1 Å². The molecule has 0 bridgehead atoms. The van der Waals surface area contributed by atoms with Crippen molar-refractivity contribution in [3.63, 3.8) is 0 Å². The quantitative estimate of drug-likeness (QED) is 0.763. The zero-order valence-electron chi connectivity index (χ0n) is 11.7. The van der Waals surface area contributed by atoms with E-state index in [0.717, 1.165) is 16.6 Å². The van der Waals surface area contributed by atoms with Gasteiger partial charge in [-0.2, -0.15) is 0 Å². The fraction of sp³-hybridized carbons (Fsp3) is 0.0625. The Balaban J connectivity index is 2.02. The van der Waals surface area contributed by atoms with Crippen LogP contribution in [0.4, 0.5) is 11.5 Å². The van der Waals surface area contributed by atoms with Crippen LogP contribution >= 0.6 is 11.6 Å². The summed E-state index contributed by atoms with van der Waals surface area (Å²) in [6.45, 7) is 1.81. The maximum atomic E-state index is 10.9. The first kappa shape index (κ1) is 14.3. The van der Waals surface area contributed by atoms with Crippen LogP contribution in [0.2, 0.25) is 5.02 Å². The van der Waals surface area contributed by atoms with Gasteiger partial charge in [-0.25, -0.2) is 14.8 Å². The Bertz CT molecular complexity index is 863. The summed E-state index contributed by atoms with van der Waals surface area (Å²) in [5, 5.41) is 13.5. The second kappa shape index (κ2) is 5.61. The molecule has 110 valence electrons. The highest BCUT2D eigenvalue weighted by Gasteiger charge is 2.08. The molecule has 0 aliphatic carbocycles. The third-order valence-corrected chi connectivity index (χ3v) is 3.40. The van der Waals surface area contributed by atoms with E-state index in [1.54, 1.807) is 24.3 Å². The van der Waals surface area contributed by atoms with Crippen LogP contribution in [0.3, 0.4) is 0 Å². The molecule has 2 aromatic carbocycles. The second-order valence-corrected chi connectivity index (χ2v) is 5.22. The minimum atomic E-state index is -0.957. The van der Waals surface area contributed by atoms with Crippen molar-refractivity contribution in [1.82, 2.24) is 9.97 Å². The van der Waals surface area contributed by atoms with Gasteiger partial charge in [-0.15, -0.1) is 0 Å². The van der Waals surface area contributed by atoms with E-state index in [1.807, 2.05) is 13.0 Å². The van der Waals surface area contributed by atoms with Crippen LogP contribution in [-0.4, -0.2) is 21.0 Å². The van der Waals surface area contributed by atoms with Crippen LogP contribution < -0.4 is 5.32 Å². The highest BCUT2D eigenvalue weighted by Crippen LogP contribution is 2.26. The van der Waals surface area contributed by atoms with Gasteiger partial charge < -0.3 is 10.4 Å². The van der Waals surface area contributed by atoms with Crippen LogP contribution in [-0.2, 0) is 0 Å². The number of hydrogen-bond donors (Lipinski definition) is 2. The number of nitrogens with one attached hydrogen (secondary N) is 1. The molecule has 2 N–H and O–H groups in total. The number of aryl methyl sites for hydroxylation is 1. The van der Waals surface area contributed by atoms with Gasteiger partial charge in [0.15, 0.2) is 0 Å². The number of aromatic carboxylic acids is 1. The number of benzene rings is 2. The van der Waals surface area contributed by atoms with E-state index >= 15 is 0 Å². The van der Waals surface area contributed by atoms with Crippen molar-refractivity contribution in [2.45, 2.75) is 6.92 Å². The number of nitrogens with zero attached hydrogens (tertiary/aromatic N) is 2. The summed E-state index contributed by atoms with van der Waals surface area (Å²) < 4.78 is 0. The van der Waals surface area contributed by atoms with Gasteiger partial charge in [0.25, 0.3) is 0 Å². The van der Waals surface area contributed by atoms with Crippen molar-refractivity contribution < 1.29 is 9.90 Å². The average molecular weight is 314 g/mol. The lowest BCUT2D eigenvalue weighted by atomic mass is 10.2. The van der Waals surface area contributed by atoms with Crippen molar-refractivity contribution in [1.29, 1.82) is 0 Å². The lowest BCUT2D eigenvalue weighted by Gasteiger charge is -2.10. The van der Waals surface area contributed by atoms with Crippen LogP contribution in [0.5, 0.6) is 0 Å². The molecule has 1 heterocycles. The maximum absolute atomic E-state index is 10.9. The molecule has 5 nitrogen and oxygen atoms in total. The highest BCUT2D eigenvalue weighted by molar-refractivity contribution is 6.31. The summed E-state index contributed by atoms with van der Waals surface area (Å²) in [5.74, 6) is 0.314. The number of fused-ring (bicyclic) bond motifs is 1. The average Bonchev–Trinajstić information content (AvgIpc) is 2.48. The Kier molecular flexibility index (Phi) is 3.65.